The highest BCUT2D eigenvalue weighted by atomic mass is 16.5. The largest absolute Gasteiger partial charge is 0.481 e. The number of hydrogen-bond acceptors (Lipinski definition) is 3. The molecule has 1 atom stereocenters. The summed E-state index contributed by atoms with van der Waals surface area (Å²) < 4.78 is 5.06. The van der Waals surface area contributed by atoms with Gasteiger partial charge in [0.25, 0.3) is 0 Å². The Morgan fingerprint density at radius 3 is 2.33 bits per heavy atom. The van der Waals surface area contributed by atoms with E-state index in [9.17, 15) is 9.59 Å². The predicted molar refractivity (Wildman–Crippen MR) is 55.3 cm³/mol. The Kier molecular flexibility index (Phi) is 7.62. The van der Waals surface area contributed by atoms with Crippen LogP contribution < -0.4 is 5.73 Å². The number of nitrogens with two attached hydrogens (primary N) is 1. The van der Waals surface area contributed by atoms with Crippen LogP contribution in [0.25, 0.3) is 0 Å². The molecule has 1 aliphatic heterocycles. The maximum atomic E-state index is 10.5. The highest BCUT2D eigenvalue weighted by molar-refractivity contribution is 5.78. The van der Waals surface area contributed by atoms with Gasteiger partial charge in [-0.1, -0.05) is 6.92 Å². The number of rotatable bonds is 3. The van der Waals surface area contributed by atoms with Crippen molar-refractivity contribution in [2.75, 3.05) is 6.61 Å². The number of carboxylic acids is 1. The summed E-state index contributed by atoms with van der Waals surface area (Å²) in [4.78, 5) is 20.1. The van der Waals surface area contributed by atoms with E-state index in [4.69, 9.17) is 15.6 Å². The average Bonchev–Trinajstić information content (AvgIpc) is 2.20. The Labute approximate surface area is 89.6 Å². The van der Waals surface area contributed by atoms with Gasteiger partial charge in [-0.15, -0.1) is 0 Å². The molecule has 3 N–H and O–H groups in total. The number of ether oxygens (including phenoxy) is 1. The molecule has 1 saturated heterocycles. The number of hydrogen-bond donors (Lipinski definition) is 2. The van der Waals surface area contributed by atoms with E-state index in [0.717, 1.165) is 25.7 Å². The SMILES string of the molecule is CCCC(=O)O.NC(=O)C1CCCCO1. The number of carbonyl (C=O) groups is 2. The van der Waals surface area contributed by atoms with Crippen LogP contribution in [0.4, 0.5) is 0 Å². The van der Waals surface area contributed by atoms with Crippen LogP contribution in [0.1, 0.15) is 39.0 Å². The Balaban J connectivity index is 0.000000288. The number of amides is 1. The summed E-state index contributed by atoms with van der Waals surface area (Å²) in [5, 5.41) is 7.91. The summed E-state index contributed by atoms with van der Waals surface area (Å²) in [5.74, 6) is -1.03. The first-order valence-electron chi connectivity index (χ1n) is 5.20. The van der Waals surface area contributed by atoms with Crippen molar-refractivity contribution in [2.24, 2.45) is 5.73 Å². The van der Waals surface area contributed by atoms with Crippen molar-refractivity contribution < 1.29 is 19.4 Å². The minimum Gasteiger partial charge on any atom is -0.481 e. The predicted octanol–water partition coefficient (Wildman–Crippen LogP) is 0.912. The van der Waals surface area contributed by atoms with E-state index in [1.54, 1.807) is 0 Å². The average molecular weight is 217 g/mol. The summed E-state index contributed by atoms with van der Waals surface area (Å²) in [6, 6.07) is 0. The third kappa shape index (κ3) is 7.93. The summed E-state index contributed by atoms with van der Waals surface area (Å²) in [5.41, 5.74) is 5.00. The molecule has 5 heteroatoms. The van der Waals surface area contributed by atoms with E-state index < -0.39 is 5.97 Å². The standard InChI is InChI=1S/C6H11NO2.C4H8O2/c7-6(8)5-3-1-2-4-9-5;1-2-3-4(5)6/h5H,1-4H2,(H2,7,8);2-3H2,1H3,(H,5,6). The van der Waals surface area contributed by atoms with Gasteiger partial charge in [-0.25, -0.2) is 0 Å². The smallest absolute Gasteiger partial charge is 0.303 e. The molecule has 1 aliphatic rings. The molecule has 1 unspecified atom stereocenters. The van der Waals surface area contributed by atoms with Crippen LogP contribution in [0, 0.1) is 0 Å². The lowest BCUT2D eigenvalue weighted by molar-refractivity contribution is -0.137. The first-order chi connectivity index (χ1) is 7.07. The van der Waals surface area contributed by atoms with Crippen molar-refractivity contribution >= 4 is 11.9 Å². The highest BCUT2D eigenvalue weighted by Crippen LogP contribution is 2.11. The maximum absolute atomic E-state index is 10.5. The first kappa shape index (κ1) is 13.9. The van der Waals surface area contributed by atoms with Crippen LogP contribution in [0.3, 0.4) is 0 Å². The van der Waals surface area contributed by atoms with Crippen LogP contribution in [0.2, 0.25) is 0 Å². The minimum atomic E-state index is -0.711. The van der Waals surface area contributed by atoms with Crippen molar-refractivity contribution in [3.8, 4) is 0 Å². The number of aliphatic carboxylic acids is 1. The minimum absolute atomic E-state index is 0.292. The summed E-state index contributed by atoms with van der Waals surface area (Å²) in [6.07, 6.45) is 3.64. The van der Waals surface area contributed by atoms with Gasteiger partial charge in [0.1, 0.15) is 6.10 Å². The van der Waals surface area contributed by atoms with E-state index in [1.807, 2.05) is 6.92 Å². The molecule has 0 spiro atoms. The Morgan fingerprint density at radius 1 is 1.47 bits per heavy atom. The zero-order valence-electron chi connectivity index (χ0n) is 9.07. The lowest BCUT2D eigenvalue weighted by Crippen LogP contribution is -2.33. The topological polar surface area (TPSA) is 89.6 Å². The molecule has 1 amide bonds. The molecule has 0 saturated carbocycles. The van der Waals surface area contributed by atoms with Crippen molar-refractivity contribution in [2.45, 2.75) is 45.1 Å². The van der Waals surface area contributed by atoms with Crippen LogP contribution in [-0.4, -0.2) is 29.7 Å². The van der Waals surface area contributed by atoms with Crippen molar-refractivity contribution in [3.63, 3.8) is 0 Å². The van der Waals surface area contributed by atoms with E-state index in [-0.39, 0.29) is 12.0 Å². The molecule has 15 heavy (non-hydrogen) atoms. The third-order valence-electron chi connectivity index (χ3n) is 1.96. The Hall–Kier alpha value is -1.10. The zero-order chi connectivity index (χ0) is 11.7. The van der Waals surface area contributed by atoms with Gasteiger partial charge in [-0.05, 0) is 25.7 Å². The molecule has 1 heterocycles. The first-order valence-corrected chi connectivity index (χ1v) is 5.20. The molecule has 1 fully saturated rings. The van der Waals surface area contributed by atoms with Crippen molar-refractivity contribution in [1.82, 2.24) is 0 Å². The highest BCUT2D eigenvalue weighted by Gasteiger charge is 2.18. The molecular formula is C10H19NO4. The lowest BCUT2D eigenvalue weighted by atomic mass is 10.1. The quantitative estimate of drug-likeness (QED) is 0.735. The van der Waals surface area contributed by atoms with Gasteiger partial charge in [0.2, 0.25) is 5.91 Å². The third-order valence-corrected chi connectivity index (χ3v) is 1.96. The Bertz CT molecular complexity index is 200. The van der Waals surface area contributed by atoms with E-state index >= 15 is 0 Å². The van der Waals surface area contributed by atoms with Gasteiger partial charge in [0.05, 0.1) is 0 Å². The number of carboxylic acid groups (broad SMARTS) is 1. The molecular weight excluding hydrogens is 198 g/mol. The van der Waals surface area contributed by atoms with Crippen molar-refractivity contribution in [1.29, 1.82) is 0 Å². The van der Waals surface area contributed by atoms with Gasteiger partial charge < -0.3 is 15.6 Å². The molecule has 88 valence electrons. The molecule has 0 aliphatic carbocycles. The van der Waals surface area contributed by atoms with Crippen LogP contribution in [-0.2, 0) is 14.3 Å². The Morgan fingerprint density at radius 2 is 2.13 bits per heavy atom. The van der Waals surface area contributed by atoms with Crippen LogP contribution >= 0.6 is 0 Å². The van der Waals surface area contributed by atoms with E-state index in [1.165, 1.54) is 0 Å². The molecule has 0 radical (unpaired) electrons. The molecule has 1 rings (SSSR count). The summed E-state index contributed by atoms with van der Waals surface area (Å²) in [6.45, 7) is 2.53. The van der Waals surface area contributed by atoms with Crippen LogP contribution in [0.15, 0.2) is 0 Å². The van der Waals surface area contributed by atoms with Gasteiger partial charge in [0.15, 0.2) is 0 Å². The number of carbonyl (C=O) groups excluding carboxylic acids is 1. The van der Waals surface area contributed by atoms with Gasteiger partial charge >= 0.3 is 5.97 Å². The van der Waals surface area contributed by atoms with Crippen molar-refractivity contribution in [3.05, 3.63) is 0 Å². The molecule has 0 aromatic heterocycles. The van der Waals surface area contributed by atoms with Gasteiger partial charge in [-0.2, -0.15) is 0 Å². The molecule has 0 aromatic carbocycles. The fourth-order valence-corrected chi connectivity index (χ4v) is 1.18. The lowest BCUT2D eigenvalue weighted by Gasteiger charge is -2.18. The summed E-state index contributed by atoms with van der Waals surface area (Å²) >= 11 is 0. The molecule has 5 nitrogen and oxygen atoms in total. The molecule has 0 aromatic rings. The second-order valence-electron chi connectivity index (χ2n) is 3.40. The maximum Gasteiger partial charge on any atom is 0.303 e. The number of primary amides is 1. The van der Waals surface area contributed by atoms with E-state index in [0.29, 0.717) is 13.0 Å². The van der Waals surface area contributed by atoms with Gasteiger partial charge in [0, 0.05) is 13.0 Å². The fraction of sp³-hybridized carbons (Fsp3) is 0.800. The molecule has 0 bridgehead atoms. The monoisotopic (exact) mass is 217 g/mol. The second kappa shape index (κ2) is 8.23. The van der Waals surface area contributed by atoms with Crippen LogP contribution in [0.5, 0.6) is 0 Å². The second-order valence-corrected chi connectivity index (χ2v) is 3.40. The normalized spacial score (nSPS) is 19.9. The van der Waals surface area contributed by atoms with Gasteiger partial charge in [-0.3, -0.25) is 9.59 Å². The summed E-state index contributed by atoms with van der Waals surface area (Å²) in [7, 11) is 0. The van der Waals surface area contributed by atoms with E-state index in [2.05, 4.69) is 0 Å². The zero-order valence-corrected chi connectivity index (χ0v) is 9.07. The fourth-order valence-electron chi connectivity index (χ4n) is 1.18.